The third-order valence-corrected chi connectivity index (χ3v) is 1.81. The van der Waals surface area contributed by atoms with Gasteiger partial charge in [-0.05, 0) is 19.8 Å². The van der Waals surface area contributed by atoms with Crippen molar-refractivity contribution in [2.24, 2.45) is 0 Å². The van der Waals surface area contributed by atoms with Crippen LogP contribution in [0.15, 0.2) is 12.5 Å². The van der Waals surface area contributed by atoms with Crippen LogP contribution in [-0.2, 0) is 0 Å². The van der Waals surface area contributed by atoms with E-state index in [1.807, 2.05) is 20.2 Å². The minimum absolute atomic E-state index is 0.523. The first-order valence-electron chi connectivity index (χ1n) is 5.14. The van der Waals surface area contributed by atoms with Gasteiger partial charge in [0.05, 0.1) is 12.0 Å². The molecule has 76 valence electrons. The summed E-state index contributed by atoms with van der Waals surface area (Å²) in [6.07, 6.45) is 4.02. The van der Waals surface area contributed by atoms with Crippen LogP contribution in [0.1, 0.15) is 59.2 Å². The first-order valence-corrected chi connectivity index (χ1v) is 5.14. The molecule has 0 bridgehead atoms. The molecule has 0 aliphatic rings. The molecular formula is C11H22N2. The fraction of sp³-hybridized carbons (Fsp3) is 0.727. The first kappa shape index (κ1) is 12.2. The van der Waals surface area contributed by atoms with E-state index in [-0.39, 0.29) is 0 Å². The molecule has 0 fully saturated rings. The summed E-state index contributed by atoms with van der Waals surface area (Å²) < 4.78 is 2.13. The van der Waals surface area contributed by atoms with E-state index in [9.17, 15) is 0 Å². The molecule has 1 aromatic rings. The van der Waals surface area contributed by atoms with Crippen molar-refractivity contribution in [2.45, 2.75) is 53.5 Å². The van der Waals surface area contributed by atoms with E-state index in [0.29, 0.717) is 12.0 Å². The van der Waals surface area contributed by atoms with E-state index in [4.69, 9.17) is 0 Å². The zero-order valence-electron chi connectivity index (χ0n) is 9.70. The summed E-state index contributed by atoms with van der Waals surface area (Å²) in [7, 11) is 0. The van der Waals surface area contributed by atoms with Crippen molar-refractivity contribution in [3.05, 3.63) is 18.2 Å². The lowest BCUT2D eigenvalue weighted by atomic mass is 10.2. The van der Waals surface area contributed by atoms with Gasteiger partial charge in [0.2, 0.25) is 0 Å². The molecule has 0 spiro atoms. The predicted octanol–water partition coefficient (Wildman–Crippen LogP) is 3.61. The fourth-order valence-electron chi connectivity index (χ4n) is 0.933. The van der Waals surface area contributed by atoms with E-state index in [1.54, 1.807) is 0 Å². The Morgan fingerprint density at radius 3 is 1.92 bits per heavy atom. The molecule has 0 unspecified atom stereocenters. The molecule has 0 aliphatic heterocycles. The van der Waals surface area contributed by atoms with Crippen LogP contribution in [0.25, 0.3) is 0 Å². The van der Waals surface area contributed by atoms with E-state index in [0.717, 1.165) is 0 Å². The van der Waals surface area contributed by atoms with E-state index in [2.05, 4.69) is 43.4 Å². The monoisotopic (exact) mass is 182 g/mol. The third kappa shape index (κ3) is 3.62. The maximum Gasteiger partial charge on any atom is 0.0951 e. The molecule has 0 saturated heterocycles. The van der Waals surface area contributed by atoms with Crippen LogP contribution in [0.2, 0.25) is 0 Å². The molecule has 1 aromatic heterocycles. The lowest BCUT2D eigenvalue weighted by molar-refractivity contribution is 0.598. The zero-order chi connectivity index (χ0) is 10.4. The topological polar surface area (TPSA) is 17.8 Å². The summed E-state index contributed by atoms with van der Waals surface area (Å²) in [6.45, 7) is 12.6. The van der Waals surface area contributed by atoms with Crippen LogP contribution in [0, 0.1) is 0 Å². The minimum atomic E-state index is 0.523. The number of rotatable bonds is 2. The van der Waals surface area contributed by atoms with Gasteiger partial charge in [-0.2, -0.15) is 0 Å². The van der Waals surface area contributed by atoms with Gasteiger partial charge in [-0.1, -0.05) is 27.7 Å². The summed E-state index contributed by atoms with van der Waals surface area (Å²) in [5.74, 6) is 0.537. The Bertz CT molecular complexity index is 201. The molecular weight excluding hydrogens is 160 g/mol. The van der Waals surface area contributed by atoms with Crippen molar-refractivity contribution in [1.29, 1.82) is 0 Å². The molecule has 0 amide bonds. The van der Waals surface area contributed by atoms with Crippen molar-refractivity contribution < 1.29 is 0 Å². The van der Waals surface area contributed by atoms with Crippen molar-refractivity contribution in [3.8, 4) is 0 Å². The summed E-state index contributed by atoms with van der Waals surface area (Å²) in [5, 5.41) is 0. The first-order chi connectivity index (χ1) is 6.11. The van der Waals surface area contributed by atoms with Crippen molar-refractivity contribution in [3.63, 3.8) is 0 Å². The van der Waals surface area contributed by atoms with Crippen molar-refractivity contribution >= 4 is 0 Å². The van der Waals surface area contributed by atoms with Crippen LogP contribution in [0.5, 0.6) is 0 Å². The highest BCUT2D eigenvalue weighted by Crippen LogP contribution is 2.13. The van der Waals surface area contributed by atoms with Crippen LogP contribution in [-0.4, -0.2) is 9.55 Å². The second kappa shape index (κ2) is 5.79. The maximum atomic E-state index is 4.30. The van der Waals surface area contributed by atoms with Crippen LogP contribution in [0.3, 0.4) is 0 Å². The van der Waals surface area contributed by atoms with Crippen LogP contribution in [0.4, 0.5) is 0 Å². The van der Waals surface area contributed by atoms with E-state index in [1.165, 1.54) is 5.69 Å². The Hall–Kier alpha value is -0.790. The average molecular weight is 182 g/mol. The lowest BCUT2D eigenvalue weighted by Gasteiger charge is -2.04. The molecule has 0 aliphatic carbocycles. The Morgan fingerprint density at radius 1 is 1.15 bits per heavy atom. The summed E-state index contributed by atoms with van der Waals surface area (Å²) in [5.41, 5.74) is 1.18. The number of hydrogen-bond donors (Lipinski definition) is 0. The summed E-state index contributed by atoms with van der Waals surface area (Å²) >= 11 is 0. The standard InChI is InChI=1S/C9H16N2.C2H6/c1-7(2)9-5-11(6-10-9)8(3)4;1-2/h5-8H,1-4H3;1-2H3. The minimum Gasteiger partial charge on any atom is -0.335 e. The van der Waals surface area contributed by atoms with Gasteiger partial charge in [0.25, 0.3) is 0 Å². The van der Waals surface area contributed by atoms with E-state index < -0.39 is 0 Å². The van der Waals surface area contributed by atoms with Gasteiger partial charge in [0.1, 0.15) is 0 Å². The van der Waals surface area contributed by atoms with Gasteiger partial charge in [-0.25, -0.2) is 4.98 Å². The van der Waals surface area contributed by atoms with Gasteiger partial charge in [-0.15, -0.1) is 0 Å². The highest BCUT2D eigenvalue weighted by molar-refractivity contribution is 5.02. The van der Waals surface area contributed by atoms with Crippen LogP contribution < -0.4 is 0 Å². The van der Waals surface area contributed by atoms with Gasteiger partial charge in [0, 0.05) is 12.2 Å². The molecule has 0 aromatic carbocycles. The average Bonchev–Trinajstić information content (AvgIpc) is 2.56. The highest BCUT2D eigenvalue weighted by Gasteiger charge is 2.03. The van der Waals surface area contributed by atoms with Gasteiger partial charge in [-0.3, -0.25) is 0 Å². The zero-order valence-corrected chi connectivity index (χ0v) is 9.70. The molecule has 1 rings (SSSR count). The molecule has 2 heteroatoms. The molecule has 2 nitrogen and oxygen atoms in total. The second-order valence-electron chi connectivity index (χ2n) is 3.49. The largest absolute Gasteiger partial charge is 0.335 e. The summed E-state index contributed by atoms with van der Waals surface area (Å²) in [6, 6.07) is 0.523. The molecule has 1 heterocycles. The Balaban J connectivity index is 0.000000671. The molecule has 0 N–H and O–H groups in total. The predicted molar refractivity (Wildman–Crippen MR) is 58.0 cm³/mol. The van der Waals surface area contributed by atoms with E-state index >= 15 is 0 Å². The van der Waals surface area contributed by atoms with Crippen molar-refractivity contribution in [1.82, 2.24) is 9.55 Å². The summed E-state index contributed by atoms with van der Waals surface area (Å²) in [4.78, 5) is 4.30. The lowest BCUT2D eigenvalue weighted by Crippen LogP contribution is -1.96. The maximum absolute atomic E-state index is 4.30. The quantitative estimate of drug-likeness (QED) is 0.683. The Morgan fingerprint density at radius 2 is 1.69 bits per heavy atom. The van der Waals surface area contributed by atoms with Gasteiger partial charge in [0.15, 0.2) is 0 Å². The third-order valence-electron chi connectivity index (χ3n) is 1.81. The van der Waals surface area contributed by atoms with Gasteiger partial charge >= 0.3 is 0 Å². The normalized spacial score (nSPS) is 10.2. The Labute approximate surface area is 82.0 Å². The molecule has 0 saturated carbocycles. The van der Waals surface area contributed by atoms with Crippen molar-refractivity contribution in [2.75, 3.05) is 0 Å². The smallest absolute Gasteiger partial charge is 0.0951 e. The Kier molecular flexibility index (Phi) is 5.44. The SMILES string of the molecule is CC.CC(C)c1cn(C(C)C)cn1. The molecule has 0 radical (unpaired) electrons. The van der Waals surface area contributed by atoms with Crippen LogP contribution >= 0.6 is 0 Å². The number of hydrogen-bond acceptors (Lipinski definition) is 1. The van der Waals surface area contributed by atoms with Gasteiger partial charge < -0.3 is 4.57 Å². The highest BCUT2D eigenvalue weighted by atomic mass is 15.1. The number of nitrogens with zero attached hydrogens (tertiary/aromatic N) is 2. The molecule has 13 heavy (non-hydrogen) atoms. The molecule has 0 atom stereocenters. The fourth-order valence-corrected chi connectivity index (χ4v) is 0.933. The number of imidazole rings is 1. The second-order valence-corrected chi connectivity index (χ2v) is 3.49. The number of aromatic nitrogens is 2.